The lowest BCUT2D eigenvalue weighted by molar-refractivity contribution is 0.188. The van der Waals surface area contributed by atoms with E-state index in [0.29, 0.717) is 36.4 Å². The van der Waals surface area contributed by atoms with Crippen molar-refractivity contribution in [2.24, 2.45) is 0 Å². The number of aryl methyl sites for hydroxylation is 1. The zero-order valence-electron chi connectivity index (χ0n) is 21.7. The van der Waals surface area contributed by atoms with E-state index in [4.69, 9.17) is 19.7 Å². The second-order valence-electron chi connectivity index (χ2n) is 11.0. The van der Waals surface area contributed by atoms with Gasteiger partial charge in [-0.25, -0.2) is 4.98 Å². The molecular formula is C30H34N6O. The highest BCUT2D eigenvalue weighted by Crippen LogP contribution is 2.34. The Labute approximate surface area is 217 Å². The maximum absolute atomic E-state index is 6.26. The van der Waals surface area contributed by atoms with Gasteiger partial charge in [-0.15, -0.1) is 0 Å². The molecule has 3 fully saturated rings. The van der Waals surface area contributed by atoms with Crippen LogP contribution in [-0.2, 0) is 0 Å². The average molecular weight is 495 g/mol. The SMILES string of the molecule is Cc1cccc2cccc(-c3ccc4c(N5CC6CCC(C5)N6)nc(OCC5CCCN5C)nc4n3)c12. The van der Waals surface area contributed by atoms with Crippen LogP contribution in [0.3, 0.4) is 0 Å². The van der Waals surface area contributed by atoms with E-state index in [1.54, 1.807) is 0 Å². The molecule has 2 aromatic carbocycles. The molecule has 2 bridgehead atoms. The van der Waals surface area contributed by atoms with Crippen molar-refractivity contribution in [1.29, 1.82) is 0 Å². The van der Waals surface area contributed by atoms with Gasteiger partial charge in [-0.2, -0.15) is 9.97 Å². The molecule has 37 heavy (non-hydrogen) atoms. The molecule has 1 N–H and O–H groups in total. The minimum Gasteiger partial charge on any atom is -0.462 e. The molecule has 3 unspecified atom stereocenters. The first-order chi connectivity index (χ1) is 18.1. The molecule has 0 amide bonds. The third-order valence-electron chi connectivity index (χ3n) is 8.50. The van der Waals surface area contributed by atoms with Gasteiger partial charge in [0.25, 0.3) is 0 Å². The van der Waals surface area contributed by atoms with Gasteiger partial charge >= 0.3 is 6.01 Å². The summed E-state index contributed by atoms with van der Waals surface area (Å²) in [6.45, 7) is 5.81. The van der Waals surface area contributed by atoms with Gasteiger partial charge in [-0.1, -0.05) is 36.4 Å². The smallest absolute Gasteiger partial charge is 0.320 e. The van der Waals surface area contributed by atoms with Crippen molar-refractivity contribution in [3.8, 4) is 17.3 Å². The molecule has 3 atom stereocenters. The molecule has 7 rings (SSSR count). The van der Waals surface area contributed by atoms with Gasteiger partial charge in [0.2, 0.25) is 0 Å². The van der Waals surface area contributed by atoms with E-state index >= 15 is 0 Å². The Hall–Kier alpha value is -3.29. The van der Waals surface area contributed by atoms with E-state index in [1.165, 1.54) is 35.6 Å². The van der Waals surface area contributed by atoms with Crippen LogP contribution < -0.4 is 15.0 Å². The molecule has 4 aromatic rings. The molecule has 5 heterocycles. The van der Waals surface area contributed by atoms with Crippen molar-refractivity contribution in [3.63, 3.8) is 0 Å². The molecule has 0 aliphatic carbocycles. The Bertz CT molecular complexity index is 1450. The first kappa shape index (κ1) is 22.9. The van der Waals surface area contributed by atoms with Crippen molar-refractivity contribution in [2.45, 2.75) is 50.7 Å². The Morgan fingerprint density at radius 3 is 2.54 bits per heavy atom. The van der Waals surface area contributed by atoms with Crippen LogP contribution in [0.2, 0.25) is 0 Å². The Balaban J connectivity index is 1.32. The number of hydrogen-bond donors (Lipinski definition) is 1. The molecule has 0 spiro atoms. The third kappa shape index (κ3) is 4.20. The highest BCUT2D eigenvalue weighted by atomic mass is 16.5. The number of nitrogens with one attached hydrogen (secondary N) is 1. The van der Waals surface area contributed by atoms with E-state index in [9.17, 15) is 0 Å². The number of fused-ring (bicyclic) bond motifs is 4. The number of likely N-dealkylation sites (N-methyl/N-ethyl adjacent to an activating group) is 1. The van der Waals surface area contributed by atoms with Crippen LogP contribution in [0.4, 0.5) is 5.82 Å². The average Bonchev–Trinajstić information content (AvgIpc) is 3.49. The van der Waals surface area contributed by atoms with Crippen LogP contribution in [0.15, 0.2) is 48.5 Å². The Kier molecular flexibility index (Phi) is 5.70. The summed E-state index contributed by atoms with van der Waals surface area (Å²) in [6, 6.07) is 19.0. The lowest BCUT2D eigenvalue weighted by atomic mass is 9.97. The van der Waals surface area contributed by atoms with Crippen molar-refractivity contribution in [1.82, 2.24) is 25.2 Å². The standard InChI is InChI=1S/C30H34N6O/c1-19-6-3-7-20-8-4-10-24(27(19)20)26-14-13-25-28(32-26)33-30(37-18-23-9-5-15-35(23)2)34-29(25)36-16-21-11-12-22(17-36)31-21/h3-4,6-8,10,13-14,21-23,31H,5,9,11-12,15-18H2,1-2H3. The van der Waals surface area contributed by atoms with Crippen molar-refractivity contribution in [2.75, 3.05) is 38.2 Å². The quantitative estimate of drug-likeness (QED) is 0.436. The summed E-state index contributed by atoms with van der Waals surface area (Å²) < 4.78 is 6.26. The van der Waals surface area contributed by atoms with Gasteiger partial charge in [-0.05, 0) is 74.7 Å². The van der Waals surface area contributed by atoms with Crippen LogP contribution in [0.1, 0.15) is 31.2 Å². The number of ether oxygens (including phenoxy) is 1. The Morgan fingerprint density at radius 2 is 1.76 bits per heavy atom. The molecule has 7 heteroatoms. The summed E-state index contributed by atoms with van der Waals surface area (Å²) in [5.41, 5.74) is 4.01. The predicted molar refractivity (Wildman–Crippen MR) is 148 cm³/mol. The lowest BCUT2D eigenvalue weighted by Gasteiger charge is -2.34. The van der Waals surface area contributed by atoms with E-state index in [1.807, 2.05) is 0 Å². The number of likely N-dealkylation sites (tertiary alicyclic amines) is 1. The molecule has 0 saturated carbocycles. The zero-order valence-corrected chi connectivity index (χ0v) is 21.7. The van der Waals surface area contributed by atoms with Crippen LogP contribution in [-0.4, -0.2) is 71.3 Å². The van der Waals surface area contributed by atoms with Gasteiger partial charge in [0.1, 0.15) is 12.4 Å². The summed E-state index contributed by atoms with van der Waals surface area (Å²) in [4.78, 5) is 19.7. The summed E-state index contributed by atoms with van der Waals surface area (Å²) >= 11 is 0. The molecule has 3 aliphatic heterocycles. The first-order valence-corrected chi connectivity index (χ1v) is 13.6. The number of nitrogens with zero attached hydrogens (tertiary/aromatic N) is 5. The fraction of sp³-hybridized carbons (Fsp3) is 0.433. The molecule has 2 aromatic heterocycles. The second kappa shape index (κ2) is 9.23. The lowest BCUT2D eigenvalue weighted by Crippen LogP contribution is -2.51. The van der Waals surface area contributed by atoms with Crippen molar-refractivity contribution in [3.05, 3.63) is 54.1 Å². The van der Waals surface area contributed by atoms with Gasteiger partial charge < -0.3 is 19.9 Å². The van der Waals surface area contributed by atoms with Gasteiger partial charge in [0, 0.05) is 36.8 Å². The van der Waals surface area contributed by atoms with Crippen molar-refractivity contribution >= 4 is 27.6 Å². The van der Waals surface area contributed by atoms with Gasteiger partial charge in [0.05, 0.1) is 11.1 Å². The minimum atomic E-state index is 0.413. The molecule has 0 radical (unpaired) electrons. The molecular weight excluding hydrogens is 460 g/mol. The number of aromatic nitrogens is 3. The number of rotatable bonds is 5. The highest BCUT2D eigenvalue weighted by Gasteiger charge is 2.34. The summed E-state index contributed by atoms with van der Waals surface area (Å²) in [7, 11) is 2.17. The van der Waals surface area contributed by atoms with E-state index < -0.39 is 0 Å². The maximum atomic E-state index is 6.26. The van der Waals surface area contributed by atoms with Crippen LogP contribution >= 0.6 is 0 Å². The molecule has 3 saturated heterocycles. The number of hydrogen-bond acceptors (Lipinski definition) is 7. The number of anilines is 1. The summed E-state index contributed by atoms with van der Waals surface area (Å²) in [5.74, 6) is 0.950. The normalized spacial score (nSPS) is 23.8. The summed E-state index contributed by atoms with van der Waals surface area (Å²) in [6.07, 6.45) is 4.82. The van der Waals surface area contributed by atoms with E-state index in [0.717, 1.165) is 48.5 Å². The fourth-order valence-corrected chi connectivity index (χ4v) is 6.50. The van der Waals surface area contributed by atoms with Crippen molar-refractivity contribution < 1.29 is 4.74 Å². The monoisotopic (exact) mass is 494 g/mol. The van der Waals surface area contributed by atoms with Crippen LogP contribution in [0, 0.1) is 6.92 Å². The molecule has 3 aliphatic rings. The maximum Gasteiger partial charge on any atom is 0.320 e. The third-order valence-corrected chi connectivity index (χ3v) is 8.50. The van der Waals surface area contributed by atoms with Crippen LogP contribution in [0.25, 0.3) is 33.1 Å². The molecule has 190 valence electrons. The first-order valence-electron chi connectivity index (χ1n) is 13.6. The zero-order chi connectivity index (χ0) is 24.9. The summed E-state index contributed by atoms with van der Waals surface area (Å²) in [5, 5.41) is 7.20. The topological polar surface area (TPSA) is 66.4 Å². The van der Waals surface area contributed by atoms with Gasteiger partial charge in [0.15, 0.2) is 5.65 Å². The Morgan fingerprint density at radius 1 is 0.946 bits per heavy atom. The minimum absolute atomic E-state index is 0.413. The van der Waals surface area contributed by atoms with E-state index in [2.05, 4.69) is 77.6 Å². The predicted octanol–water partition coefficient (Wildman–Crippen LogP) is 4.57. The largest absolute Gasteiger partial charge is 0.462 e. The molecule has 7 nitrogen and oxygen atoms in total. The highest BCUT2D eigenvalue weighted by molar-refractivity contribution is 5.99. The fourth-order valence-electron chi connectivity index (χ4n) is 6.50. The number of pyridine rings is 1. The van der Waals surface area contributed by atoms with E-state index in [-0.39, 0.29) is 0 Å². The number of benzene rings is 2. The van der Waals surface area contributed by atoms with Crippen LogP contribution in [0.5, 0.6) is 6.01 Å². The van der Waals surface area contributed by atoms with Gasteiger partial charge in [-0.3, -0.25) is 0 Å². The second-order valence-corrected chi connectivity index (χ2v) is 11.0. The number of piperazine rings is 1.